The largest absolute Gasteiger partial charge is 0.317 e. The van der Waals surface area contributed by atoms with Crippen molar-refractivity contribution in [2.45, 2.75) is 39.0 Å². The van der Waals surface area contributed by atoms with E-state index in [1.165, 1.54) is 24.8 Å². The lowest BCUT2D eigenvalue weighted by molar-refractivity contribution is 0.243. The van der Waals surface area contributed by atoms with Crippen LogP contribution in [0.4, 0.5) is 0 Å². The van der Waals surface area contributed by atoms with Crippen LogP contribution in [0.3, 0.4) is 0 Å². The Labute approximate surface area is 116 Å². The summed E-state index contributed by atoms with van der Waals surface area (Å²) in [6.45, 7) is 6.78. The van der Waals surface area contributed by atoms with E-state index in [4.69, 9.17) is 11.6 Å². The van der Waals surface area contributed by atoms with Crippen molar-refractivity contribution in [2.75, 3.05) is 13.1 Å². The Bertz CT molecular complexity index is 358. The van der Waals surface area contributed by atoms with Crippen molar-refractivity contribution < 1.29 is 0 Å². The van der Waals surface area contributed by atoms with E-state index in [0.717, 1.165) is 29.9 Å². The van der Waals surface area contributed by atoms with E-state index >= 15 is 0 Å². The predicted molar refractivity (Wildman–Crippen MR) is 79.2 cm³/mol. The van der Waals surface area contributed by atoms with Gasteiger partial charge < -0.3 is 5.32 Å². The molecule has 3 unspecified atom stereocenters. The molecule has 1 fully saturated rings. The lowest BCUT2D eigenvalue weighted by atomic mass is 9.71. The van der Waals surface area contributed by atoms with Crippen LogP contribution in [0.15, 0.2) is 24.3 Å². The maximum atomic E-state index is 5.99. The van der Waals surface area contributed by atoms with E-state index in [-0.39, 0.29) is 0 Å². The van der Waals surface area contributed by atoms with Crippen LogP contribution < -0.4 is 5.32 Å². The van der Waals surface area contributed by atoms with Gasteiger partial charge in [0.2, 0.25) is 0 Å². The molecule has 100 valence electrons. The summed E-state index contributed by atoms with van der Waals surface area (Å²) in [5, 5.41) is 4.36. The van der Waals surface area contributed by atoms with E-state index in [0.29, 0.717) is 5.92 Å². The Kier molecular flexibility index (Phi) is 5.08. The Balaban J connectivity index is 2.11. The second kappa shape index (κ2) is 6.58. The van der Waals surface area contributed by atoms with Gasteiger partial charge in [0.25, 0.3) is 0 Å². The number of benzene rings is 1. The van der Waals surface area contributed by atoms with E-state index < -0.39 is 0 Å². The predicted octanol–water partition coefficient (Wildman–Crippen LogP) is 4.47. The van der Waals surface area contributed by atoms with Crippen LogP contribution in [-0.4, -0.2) is 13.1 Å². The molecule has 0 radical (unpaired) electrons. The summed E-state index contributed by atoms with van der Waals surface area (Å²) >= 11 is 5.99. The van der Waals surface area contributed by atoms with Crippen LogP contribution in [0.25, 0.3) is 0 Å². The van der Waals surface area contributed by atoms with Crippen molar-refractivity contribution in [3.05, 3.63) is 34.9 Å². The molecule has 0 amide bonds. The SMILES string of the molecule is CCNCC1CCC(C)CC1c1ccc(Cl)cc1. The van der Waals surface area contributed by atoms with Gasteiger partial charge in [0.1, 0.15) is 0 Å². The average molecular weight is 266 g/mol. The highest BCUT2D eigenvalue weighted by Gasteiger charge is 2.29. The molecule has 1 aromatic carbocycles. The van der Waals surface area contributed by atoms with Crippen molar-refractivity contribution in [2.24, 2.45) is 11.8 Å². The lowest BCUT2D eigenvalue weighted by Crippen LogP contribution is -2.31. The Morgan fingerprint density at radius 3 is 2.61 bits per heavy atom. The van der Waals surface area contributed by atoms with Gasteiger partial charge in [0, 0.05) is 5.02 Å². The molecule has 0 saturated heterocycles. The first kappa shape index (κ1) is 13.9. The molecule has 0 heterocycles. The second-order valence-electron chi connectivity index (χ2n) is 5.64. The van der Waals surface area contributed by atoms with Gasteiger partial charge in [0.05, 0.1) is 0 Å². The zero-order valence-electron chi connectivity index (χ0n) is 11.5. The molecular weight excluding hydrogens is 242 g/mol. The maximum absolute atomic E-state index is 5.99. The molecule has 1 saturated carbocycles. The number of halogens is 1. The normalized spacial score (nSPS) is 28.3. The monoisotopic (exact) mass is 265 g/mol. The summed E-state index contributed by atoms with van der Waals surface area (Å²) in [7, 11) is 0. The topological polar surface area (TPSA) is 12.0 Å². The molecule has 1 aliphatic rings. The molecule has 3 atom stereocenters. The summed E-state index contributed by atoms with van der Waals surface area (Å²) in [6.07, 6.45) is 4.04. The van der Waals surface area contributed by atoms with Crippen LogP contribution >= 0.6 is 11.6 Å². The van der Waals surface area contributed by atoms with Gasteiger partial charge in [-0.1, -0.05) is 44.0 Å². The van der Waals surface area contributed by atoms with Crippen molar-refractivity contribution in [1.29, 1.82) is 0 Å². The van der Waals surface area contributed by atoms with E-state index in [2.05, 4.69) is 31.3 Å². The fraction of sp³-hybridized carbons (Fsp3) is 0.625. The average Bonchev–Trinajstić information content (AvgIpc) is 2.38. The molecule has 1 nitrogen and oxygen atoms in total. The molecule has 0 aliphatic heterocycles. The summed E-state index contributed by atoms with van der Waals surface area (Å²) in [6, 6.07) is 8.48. The quantitative estimate of drug-likeness (QED) is 0.847. The van der Waals surface area contributed by atoms with Gasteiger partial charge in [-0.25, -0.2) is 0 Å². The van der Waals surface area contributed by atoms with Crippen LogP contribution in [0.5, 0.6) is 0 Å². The first-order chi connectivity index (χ1) is 8.70. The van der Waals surface area contributed by atoms with E-state index in [1.807, 2.05) is 12.1 Å². The molecule has 1 N–H and O–H groups in total. The summed E-state index contributed by atoms with van der Waals surface area (Å²) < 4.78 is 0. The Morgan fingerprint density at radius 1 is 1.22 bits per heavy atom. The van der Waals surface area contributed by atoms with Crippen molar-refractivity contribution >= 4 is 11.6 Å². The number of hydrogen-bond acceptors (Lipinski definition) is 1. The van der Waals surface area contributed by atoms with E-state index in [1.54, 1.807) is 0 Å². The summed E-state index contributed by atoms with van der Waals surface area (Å²) in [5.74, 6) is 2.33. The smallest absolute Gasteiger partial charge is 0.0406 e. The van der Waals surface area contributed by atoms with Crippen molar-refractivity contribution in [1.82, 2.24) is 5.32 Å². The van der Waals surface area contributed by atoms with Gasteiger partial charge in [-0.15, -0.1) is 0 Å². The zero-order valence-corrected chi connectivity index (χ0v) is 12.2. The minimum atomic E-state index is 0.699. The maximum Gasteiger partial charge on any atom is 0.0406 e. The van der Waals surface area contributed by atoms with Gasteiger partial charge >= 0.3 is 0 Å². The first-order valence-electron chi connectivity index (χ1n) is 7.17. The molecule has 2 rings (SSSR count). The van der Waals surface area contributed by atoms with Gasteiger partial charge in [0.15, 0.2) is 0 Å². The highest BCUT2D eigenvalue weighted by atomic mass is 35.5. The molecule has 1 aliphatic carbocycles. The molecule has 0 spiro atoms. The highest BCUT2D eigenvalue weighted by molar-refractivity contribution is 6.30. The fourth-order valence-electron chi connectivity index (χ4n) is 3.14. The van der Waals surface area contributed by atoms with Gasteiger partial charge in [-0.2, -0.15) is 0 Å². The third-order valence-corrected chi connectivity index (χ3v) is 4.46. The molecule has 0 aromatic heterocycles. The van der Waals surface area contributed by atoms with Crippen LogP contribution in [0.2, 0.25) is 5.02 Å². The number of rotatable bonds is 4. The first-order valence-corrected chi connectivity index (χ1v) is 7.54. The highest BCUT2D eigenvalue weighted by Crippen LogP contribution is 2.40. The standard InChI is InChI=1S/C16H24ClN/c1-3-18-11-14-5-4-12(2)10-16(14)13-6-8-15(17)9-7-13/h6-9,12,14,16,18H,3-5,10-11H2,1-2H3. The molecule has 0 bridgehead atoms. The van der Waals surface area contributed by atoms with Gasteiger partial charge in [-0.3, -0.25) is 0 Å². The minimum absolute atomic E-state index is 0.699. The Morgan fingerprint density at radius 2 is 1.94 bits per heavy atom. The molecular formula is C16H24ClN. The molecule has 1 aromatic rings. The number of nitrogens with one attached hydrogen (secondary N) is 1. The third-order valence-electron chi connectivity index (χ3n) is 4.21. The lowest BCUT2D eigenvalue weighted by Gasteiger charge is -2.35. The van der Waals surface area contributed by atoms with Crippen molar-refractivity contribution in [3.8, 4) is 0 Å². The van der Waals surface area contributed by atoms with Crippen molar-refractivity contribution in [3.63, 3.8) is 0 Å². The third kappa shape index (κ3) is 3.49. The van der Waals surface area contributed by atoms with Crippen LogP contribution in [0.1, 0.15) is 44.6 Å². The minimum Gasteiger partial charge on any atom is -0.317 e. The molecule has 18 heavy (non-hydrogen) atoms. The van der Waals surface area contributed by atoms with E-state index in [9.17, 15) is 0 Å². The number of hydrogen-bond donors (Lipinski definition) is 1. The fourth-order valence-corrected chi connectivity index (χ4v) is 3.26. The Hall–Kier alpha value is -0.530. The van der Waals surface area contributed by atoms with Gasteiger partial charge in [-0.05, 0) is 61.4 Å². The summed E-state index contributed by atoms with van der Waals surface area (Å²) in [4.78, 5) is 0. The zero-order chi connectivity index (χ0) is 13.0. The van der Waals surface area contributed by atoms with Crippen LogP contribution in [-0.2, 0) is 0 Å². The molecule has 2 heteroatoms. The summed E-state index contributed by atoms with van der Waals surface area (Å²) in [5.41, 5.74) is 1.47. The van der Waals surface area contributed by atoms with Crippen LogP contribution in [0, 0.1) is 11.8 Å². The second-order valence-corrected chi connectivity index (χ2v) is 6.08.